The number of rotatable bonds is 5. The van der Waals surface area contributed by atoms with Crippen molar-refractivity contribution in [2.45, 2.75) is 65.1 Å². The first-order valence-electron chi connectivity index (χ1n) is 6.84. The Morgan fingerprint density at radius 3 is 2.94 bits per heavy atom. The summed E-state index contributed by atoms with van der Waals surface area (Å²) in [4.78, 5) is 2.54. The summed E-state index contributed by atoms with van der Waals surface area (Å²) in [5, 5.41) is 12.0. The molecular weight excluding hydrogens is 214 g/mol. The fourth-order valence-electron chi connectivity index (χ4n) is 2.63. The first kappa shape index (κ1) is 12.5. The zero-order valence-corrected chi connectivity index (χ0v) is 11.0. The normalized spacial score (nSPS) is 21.9. The van der Waals surface area contributed by atoms with Crippen molar-refractivity contribution in [3.63, 3.8) is 0 Å². The molecule has 0 amide bonds. The molecule has 0 radical (unpaired) electrons. The number of aryl methyl sites for hydroxylation is 1. The van der Waals surface area contributed by atoms with Crippen LogP contribution in [0, 0.1) is 0 Å². The molecule has 1 aliphatic heterocycles. The van der Waals surface area contributed by atoms with Gasteiger partial charge >= 0.3 is 0 Å². The Balaban J connectivity index is 2.00. The van der Waals surface area contributed by atoms with Crippen molar-refractivity contribution in [1.29, 1.82) is 0 Å². The topological polar surface area (TPSA) is 46.8 Å². The van der Waals surface area contributed by atoms with Gasteiger partial charge in [0.15, 0.2) is 5.82 Å². The van der Waals surface area contributed by atoms with Gasteiger partial charge in [-0.05, 0) is 42.7 Å². The summed E-state index contributed by atoms with van der Waals surface area (Å²) in [5.74, 6) is 1.02. The summed E-state index contributed by atoms with van der Waals surface area (Å²) < 4.78 is 1.95. The molecule has 1 aromatic rings. The van der Waals surface area contributed by atoms with E-state index < -0.39 is 0 Å². The third-order valence-electron chi connectivity index (χ3n) is 3.61. The van der Waals surface area contributed by atoms with E-state index in [-0.39, 0.29) is 0 Å². The van der Waals surface area contributed by atoms with Gasteiger partial charge < -0.3 is 0 Å². The molecule has 1 aliphatic rings. The maximum Gasteiger partial charge on any atom is 0.165 e. The summed E-state index contributed by atoms with van der Waals surface area (Å²) in [6.45, 7) is 7.45. The van der Waals surface area contributed by atoms with Gasteiger partial charge in [-0.15, -0.1) is 5.10 Å². The number of hydrogen-bond acceptors (Lipinski definition) is 4. The van der Waals surface area contributed by atoms with Gasteiger partial charge in [0.05, 0.1) is 6.54 Å². The molecule has 5 nitrogen and oxygen atoms in total. The highest BCUT2D eigenvalue weighted by Crippen LogP contribution is 2.20. The van der Waals surface area contributed by atoms with Gasteiger partial charge in [-0.2, -0.15) is 0 Å². The molecule has 96 valence electrons. The Morgan fingerprint density at radius 1 is 1.29 bits per heavy atom. The standard InChI is InChI=1S/C12H23N5/c1-3-8-17-12(13-14-15-17)10-16-9-6-5-7-11(16)4-2/h11H,3-10H2,1-2H3. The second-order valence-electron chi connectivity index (χ2n) is 4.85. The zero-order valence-electron chi connectivity index (χ0n) is 11.0. The quantitative estimate of drug-likeness (QED) is 0.784. The molecule has 1 saturated heterocycles. The minimum Gasteiger partial charge on any atom is -0.293 e. The lowest BCUT2D eigenvalue weighted by molar-refractivity contribution is 0.130. The van der Waals surface area contributed by atoms with Crippen LogP contribution in [0.25, 0.3) is 0 Å². The third kappa shape index (κ3) is 3.03. The summed E-state index contributed by atoms with van der Waals surface area (Å²) in [7, 11) is 0. The fraction of sp³-hybridized carbons (Fsp3) is 0.917. The molecule has 2 heterocycles. The summed E-state index contributed by atoms with van der Waals surface area (Å²) in [5.41, 5.74) is 0. The molecule has 1 unspecified atom stereocenters. The predicted molar refractivity (Wildman–Crippen MR) is 66.4 cm³/mol. The molecule has 2 rings (SSSR count). The van der Waals surface area contributed by atoms with E-state index >= 15 is 0 Å². The van der Waals surface area contributed by atoms with Gasteiger partial charge in [-0.3, -0.25) is 4.90 Å². The van der Waals surface area contributed by atoms with Gasteiger partial charge in [0.2, 0.25) is 0 Å². The second kappa shape index (κ2) is 6.10. The van der Waals surface area contributed by atoms with Crippen molar-refractivity contribution in [3.8, 4) is 0 Å². The van der Waals surface area contributed by atoms with Crippen LogP contribution in [0.3, 0.4) is 0 Å². The predicted octanol–water partition coefficient (Wildman–Crippen LogP) is 1.85. The van der Waals surface area contributed by atoms with Crippen molar-refractivity contribution < 1.29 is 0 Å². The Bertz CT molecular complexity index is 335. The van der Waals surface area contributed by atoms with Crippen LogP contribution in [-0.2, 0) is 13.1 Å². The number of likely N-dealkylation sites (tertiary alicyclic amines) is 1. The minimum atomic E-state index is 0.718. The minimum absolute atomic E-state index is 0.718. The number of aromatic nitrogens is 4. The van der Waals surface area contributed by atoms with Crippen molar-refractivity contribution in [1.82, 2.24) is 25.1 Å². The highest BCUT2D eigenvalue weighted by molar-refractivity contribution is 4.85. The Morgan fingerprint density at radius 2 is 2.18 bits per heavy atom. The van der Waals surface area contributed by atoms with Crippen LogP contribution < -0.4 is 0 Å². The third-order valence-corrected chi connectivity index (χ3v) is 3.61. The molecule has 0 N–H and O–H groups in total. The van der Waals surface area contributed by atoms with Crippen molar-refractivity contribution in [3.05, 3.63) is 5.82 Å². The van der Waals surface area contributed by atoms with Crippen LogP contribution in [0.4, 0.5) is 0 Å². The van der Waals surface area contributed by atoms with Crippen LogP contribution in [0.5, 0.6) is 0 Å². The average molecular weight is 237 g/mol. The average Bonchev–Trinajstić information content (AvgIpc) is 2.78. The second-order valence-corrected chi connectivity index (χ2v) is 4.85. The molecule has 0 bridgehead atoms. The van der Waals surface area contributed by atoms with Crippen molar-refractivity contribution in [2.24, 2.45) is 0 Å². The Labute approximate surface area is 103 Å². The molecule has 0 aromatic carbocycles. The van der Waals surface area contributed by atoms with Crippen LogP contribution in [0.15, 0.2) is 0 Å². The van der Waals surface area contributed by atoms with E-state index in [2.05, 4.69) is 34.3 Å². The maximum atomic E-state index is 4.16. The van der Waals surface area contributed by atoms with Gasteiger partial charge in [-0.1, -0.05) is 20.3 Å². The van der Waals surface area contributed by atoms with Crippen LogP contribution in [0.2, 0.25) is 0 Å². The molecule has 5 heteroatoms. The van der Waals surface area contributed by atoms with Gasteiger partial charge in [0.25, 0.3) is 0 Å². The zero-order chi connectivity index (χ0) is 12.1. The van der Waals surface area contributed by atoms with E-state index in [1.807, 2.05) is 4.68 Å². The molecule has 0 spiro atoms. The molecule has 1 fully saturated rings. The van der Waals surface area contributed by atoms with E-state index in [1.54, 1.807) is 0 Å². The summed E-state index contributed by atoms with van der Waals surface area (Å²) >= 11 is 0. The van der Waals surface area contributed by atoms with Crippen molar-refractivity contribution >= 4 is 0 Å². The van der Waals surface area contributed by atoms with Crippen LogP contribution in [-0.4, -0.2) is 37.7 Å². The summed E-state index contributed by atoms with van der Waals surface area (Å²) in [6.07, 6.45) is 6.32. The van der Waals surface area contributed by atoms with E-state index in [1.165, 1.54) is 32.2 Å². The Kier molecular flexibility index (Phi) is 4.48. The number of nitrogens with zero attached hydrogens (tertiary/aromatic N) is 5. The lowest BCUT2D eigenvalue weighted by Gasteiger charge is -2.34. The van der Waals surface area contributed by atoms with E-state index in [0.29, 0.717) is 0 Å². The van der Waals surface area contributed by atoms with Gasteiger partial charge in [0.1, 0.15) is 0 Å². The molecule has 1 aromatic heterocycles. The molecule has 17 heavy (non-hydrogen) atoms. The van der Waals surface area contributed by atoms with E-state index in [4.69, 9.17) is 0 Å². The molecule has 0 saturated carbocycles. The molecular formula is C12H23N5. The van der Waals surface area contributed by atoms with E-state index in [0.717, 1.165) is 31.4 Å². The maximum absolute atomic E-state index is 4.16. The van der Waals surface area contributed by atoms with Gasteiger partial charge in [-0.25, -0.2) is 4.68 Å². The van der Waals surface area contributed by atoms with Crippen LogP contribution in [0.1, 0.15) is 51.8 Å². The fourth-order valence-corrected chi connectivity index (χ4v) is 2.63. The lowest BCUT2D eigenvalue weighted by Crippen LogP contribution is -2.39. The first-order valence-corrected chi connectivity index (χ1v) is 6.84. The molecule has 0 aliphatic carbocycles. The van der Waals surface area contributed by atoms with E-state index in [9.17, 15) is 0 Å². The number of piperidine rings is 1. The summed E-state index contributed by atoms with van der Waals surface area (Å²) in [6, 6.07) is 0.718. The van der Waals surface area contributed by atoms with Gasteiger partial charge in [0, 0.05) is 12.6 Å². The largest absolute Gasteiger partial charge is 0.293 e. The highest BCUT2D eigenvalue weighted by atomic mass is 15.5. The lowest BCUT2D eigenvalue weighted by atomic mass is 10.0. The smallest absolute Gasteiger partial charge is 0.165 e. The van der Waals surface area contributed by atoms with Crippen molar-refractivity contribution in [2.75, 3.05) is 6.54 Å². The SMILES string of the molecule is CCCn1nnnc1CN1CCCCC1CC. The highest BCUT2D eigenvalue weighted by Gasteiger charge is 2.22. The molecule has 1 atom stereocenters. The number of hydrogen-bond donors (Lipinski definition) is 0. The monoisotopic (exact) mass is 237 g/mol. The first-order chi connectivity index (χ1) is 8.35. The number of tetrazole rings is 1. The van der Waals surface area contributed by atoms with Crippen LogP contribution >= 0.6 is 0 Å². The Hall–Kier alpha value is -0.970.